The average Bonchev–Trinajstić information content (AvgIpc) is 3.10. The molecule has 0 saturated heterocycles. The molecule has 4 aliphatic rings. The van der Waals surface area contributed by atoms with Gasteiger partial charge in [-0.15, -0.1) is 0 Å². The highest BCUT2D eigenvalue weighted by atomic mass is 35.5. The van der Waals surface area contributed by atoms with Gasteiger partial charge < -0.3 is 14.7 Å². The number of allylic oxidation sites excluding steroid dienone is 1. The molecule has 2 aromatic carbocycles. The van der Waals surface area contributed by atoms with Crippen molar-refractivity contribution in [2.24, 2.45) is 23.7 Å². The first kappa shape index (κ1) is 31.4. The fraction of sp³-hybridized carbons (Fsp3) is 0.571. The number of rotatable bonds is 1. The zero-order valence-corrected chi connectivity index (χ0v) is 27.8. The van der Waals surface area contributed by atoms with E-state index in [9.17, 15) is 18.3 Å². The van der Waals surface area contributed by atoms with Gasteiger partial charge in [0, 0.05) is 29.1 Å². The Morgan fingerprint density at radius 3 is 2.66 bits per heavy atom. The number of aliphatic hydroxyl groups is 1. The zero-order chi connectivity index (χ0) is 31.4. The predicted molar refractivity (Wildman–Crippen MR) is 175 cm³/mol. The van der Waals surface area contributed by atoms with Crippen molar-refractivity contribution in [2.45, 2.75) is 82.5 Å². The lowest BCUT2D eigenvalue weighted by molar-refractivity contribution is -0.0757. The van der Waals surface area contributed by atoms with E-state index in [1.165, 1.54) is 11.1 Å². The van der Waals surface area contributed by atoms with Crippen LogP contribution < -0.4 is 14.4 Å². The van der Waals surface area contributed by atoms with Crippen LogP contribution in [0.2, 0.25) is 5.02 Å². The minimum absolute atomic E-state index is 0.00569. The second-order valence-electron chi connectivity index (χ2n) is 14.1. The molecule has 0 aromatic heterocycles. The molecule has 2 aromatic rings. The summed E-state index contributed by atoms with van der Waals surface area (Å²) in [6.45, 7) is 9.50. The molecule has 1 amide bonds. The first-order valence-corrected chi connectivity index (χ1v) is 18.0. The minimum atomic E-state index is -3.94. The van der Waals surface area contributed by atoms with Crippen molar-refractivity contribution in [3.8, 4) is 5.75 Å². The Morgan fingerprint density at radius 1 is 1.14 bits per heavy atom. The summed E-state index contributed by atoms with van der Waals surface area (Å²) in [4.78, 5) is 15.8. The molecule has 1 spiro atoms. The summed E-state index contributed by atoms with van der Waals surface area (Å²) in [5, 5.41) is 12.1. The molecule has 0 radical (unpaired) electrons. The summed E-state index contributed by atoms with van der Waals surface area (Å²) in [5.41, 5.74) is 2.30. The van der Waals surface area contributed by atoms with Crippen LogP contribution >= 0.6 is 11.6 Å². The molecule has 2 aliphatic carbocycles. The van der Waals surface area contributed by atoms with Gasteiger partial charge in [0.05, 0.1) is 23.1 Å². The summed E-state index contributed by atoms with van der Waals surface area (Å²) in [6.07, 6.45) is 9.24. The van der Waals surface area contributed by atoms with Crippen LogP contribution in [-0.2, 0) is 21.9 Å². The smallest absolute Gasteiger partial charge is 0.264 e. The Labute approximate surface area is 267 Å². The Balaban J connectivity index is 1.46. The van der Waals surface area contributed by atoms with Crippen LogP contribution in [0.25, 0.3) is 0 Å². The van der Waals surface area contributed by atoms with Crippen LogP contribution in [0.1, 0.15) is 81.3 Å². The fourth-order valence-corrected chi connectivity index (χ4v) is 9.41. The molecule has 1 saturated carbocycles. The Bertz CT molecular complexity index is 1570. The van der Waals surface area contributed by atoms with E-state index >= 15 is 0 Å². The van der Waals surface area contributed by atoms with Crippen molar-refractivity contribution in [1.82, 2.24) is 4.72 Å². The molecule has 6 rings (SSSR count). The van der Waals surface area contributed by atoms with Gasteiger partial charge in [-0.3, -0.25) is 4.79 Å². The Morgan fingerprint density at radius 2 is 1.93 bits per heavy atom. The lowest BCUT2D eigenvalue weighted by Gasteiger charge is -2.50. The number of nitrogens with zero attached hydrogens (tertiary/aromatic N) is 1. The van der Waals surface area contributed by atoms with E-state index in [0.29, 0.717) is 31.9 Å². The third-order valence-electron chi connectivity index (χ3n) is 11.1. The quantitative estimate of drug-likeness (QED) is 0.357. The lowest BCUT2D eigenvalue weighted by atomic mass is 9.61. The summed E-state index contributed by atoms with van der Waals surface area (Å²) < 4.78 is 35.5. The lowest BCUT2D eigenvalue weighted by Crippen LogP contribution is -2.54. The summed E-state index contributed by atoms with van der Waals surface area (Å²) in [5.74, 6) is 0.0930. The molecule has 44 heavy (non-hydrogen) atoms. The highest BCUT2D eigenvalue weighted by Gasteiger charge is 2.49. The third kappa shape index (κ3) is 5.56. The number of carbonyl (C=O) groups is 1. The fourth-order valence-electron chi connectivity index (χ4n) is 7.93. The van der Waals surface area contributed by atoms with Crippen LogP contribution in [0.4, 0.5) is 5.69 Å². The molecule has 6 atom stereocenters. The van der Waals surface area contributed by atoms with Gasteiger partial charge in [-0.1, -0.05) is 50.6 Å². The molecule has 0 unspecified atom stereocenters. The number of anilines is 1. The van der Waals surface area contributed by atoms with Gasteiger partial charge >= 0.3 is 0 Å². The van der Waals surface area contributed by atoms with Crippen molar-refractivity contribution in [2.75, 3.05) is 24.6 Å². The maximum atomic E-state index is 13.4. The number of nitrogens with one attached hydrogen (secondary N) is 1. The van der Waals surface area contributed by atoms with E-state index in [1.807, 2.05) is 25.1 Å². The first-order chi connectivity index (χ1) is 20.8. The van der Waals surface area contributed by atoms with Crippen LogP contribution in [0.15, 0.2) is 48.6 Å². The monoisotopic (exact) mass is 640 g/mol. The molecule has 1 fully saturated rings. The number of ether oxygens (including phenoxy) is 1. The number of amides is 1. The van der Waals surface area contributed by atoms with Crippen molar-refractivity contribution < 1.29 is 23.1 Å². The molecule has 9 heteroatoms. The third-order valence-corrected chi connectivity index (χ3v) is 13.3. The molecular formula is C35H45ClN2O5S. The SMILES string of the molecule is CC(C)[C@]1(O)/C=C/C[C@H](C)[C@@H](C)S(=O)(=O)NC(=O)c2ccc3c(c2)N(C[C@@H]2CC[C@H]21)C[C@@]1(CCCc2cc(Cl)ccc21)CO3. The second-order valence-corrected chi connectivity index (χ2v) is 16.5. The van der Waals surface area contributed by atoms with Gasteiger partial charge in [-0.25, -0.2) is 13.1 Å². The number of hydrogen-bond donors (Lipinski definition) is 2. The molecule has 7 nitrogen and oxygen atoms in total. The number of carbonyl (C=O) groups excluding carboxylic acids is 1. The van der Waals surface area contributed by atoms with Crippen LogP contribution in [0, 0.1) is 23.7 Å². The first-order valence-electron chi connectivity index (χ1n) is 16.1. The zero-order valence-electron chi connectivity index (χ0n) is 26.2. The molecule has 2 bridgehead atoms. The molecule has 2 N–H and O–H groups in total. The molecule has 2 aliphatic heterocycles. The van der Waals surface area contributed by atoms with E-state index < -0.39 is 26.8 Å². The van der Waals surface area contributed by atoms with Crippen LogP contribution in [0.5, 0.6) is 5.75 Å². The standard InChI is InChI=1S/C35H45ClN2O5S/c1-22(2)35(40)16-5-7-23(3)24(4)44(41,42)37-33(39)26-10-14-32-31(18-26)38(19-27-9-12-30(27)35)20-34(21-43-32)15-6-8-25-17-28(36)11-13-29(25)34/h5,10-11,13-14,16-18,22-24,27,30,40H,6-9,12,15,19-21H2,1-4H3,(H,37,39)/b16-5+/t23-,24+,27-,30+,34-,35+/m0/s1. The maximum absolute atomic E-state index is 13.4. The Hall–Kier alpha value is -2.55. The second kappa shape index (κ2) is 11.7. The van der Waals surface area contributed by atoms with Crippen LogP contribution in [0.3, 0.4) is 0 Å². The van der Waals surface area contributed by atoms with Crippen molar-refractivity contribution >= 4 is 33.2 Å². The van der Waals surface area contributed by atoms with Gasteiger partial charge in [0.25, 0.3) is 5.91 Å². The number of hydrogen-bond acceptors (Lipinski definition) is 6. The number of sulfonamides is 1. The molecular weight excluding hydrogens is 596 g/mol. The minimum Gasteiger partial charge on any atom is -0.490 e. The van der Waals surface area contributed by atoms with Gasteiger partial charge in [0.1, 0.15) is 5.75 Å². The number of aryl methyl sites for hydroxylation is 1. The Kier molecular flexibility index (Phi) is 8.34. The predicted octanol–water partition coefficient (Wildman–Crippen LogP) is 6.27. The van der Waals surface area contributed by atoms with E-state index in [2.05, 4.69) is 35.6 Å². The molecule has 238 valence electrons. The van der Waals surface area contributed by atoms with E-state index in [-0.39, 0.29) is 34.7 Å². The average molecular weight is 641 g/mol. The number of benzene rings is 2. The van der Waals surface area contributed by atoms with Gasteiger partial charge in [0.2, 0.25) is 10.0 Å². The summed E-state index contributed by atoms with van der Waals surface area (Å²) in [6, 6.07) is 11.4. The van der Waals surface area contributed by atoms with E-state index in [4.69, 9.17) is 16.3 Å². The largest absolute Gasteiger partial charge is 0.490 e. The van der Waals surface area contributed by atoms with E-state index in [1.54, 1.807) is 25.1 Å². The highest BCUT2D eigenvalue weighted by Crippen LogP contribution is 2.49. The van der Waals surface area contributed by atoms with Crippen molar-refractivity contribution in [1.29, 1.82) is 0 Å². The van der Waals surface area contributed by atoms with Gasteiger partial charge in [0.15, 0.2) is 0 Å². The summed E-state index contributed by atoms with van der Waals surface area (Å²) in [7, 11) is -3.94. The van der Waals surface area contributed by atoms with Crippen LogP contribution in [-0.4, -0.2) is 50.0 Å². The summed E-state index contributed by atoms with van der Waals surface area (Å²) >= 11 is 6.42. The number of fused-ring (bicyclic) bond motifs is 4. The van der Waals surface area contributed by atoms with E-state index in [0.717, 1.165) is 42.8 Å². The normalized spacial score (nSPS) is 34.2. The highest BCUT2D eigenvalue weighted by molar-refractivity contribution is 7.90. The van der Waals surface area contributed by atoms with Crippen molar-refractivity contribution in [3.63, 3.8) is 0 Å². The topological polar surface area (TPSA) is 95.9 Å². The molecule has 2 heterocycles. The maximum Gasteiger partial charge on any atom is 0.264 e. The van der Waals surface area contributed by atoms with Gasteiger partial charge in [-0.05, 0) is 111 Å². The number of halogens is 1. The van der Waals surface area contributed by atoms with Crippen molar-refractivity contribution in [3.05, 3.63) is 70.3 Å². The van der Waals surface area contributed by atoms with Gasteiger partial charge in [-0.2, -0.15) is 0 Å².